The second kappa shape index (κ2) is 10.6. The Bertz CT molecular complexity index is 1760. The number of piperazine rings is 1. The van der Waals surface area contributed by atoms with Gasteiger partial charge in [0.05, 0.1) is 18.3 Å². The molecule has 1 amide bonds. The zero-order chi connectivity index (χ0) is 30.0. The smallest absolute Gasteiger partial charge is 0.236 e. The van der Waals surface area contributed by atoms with Gasteiger partial charge < -0.3 is 19.8 Å². The van der Waals surface area contributed by atoms with Crippen LogP contribution in [-0.4, -0.2) is 98.4 Å². The number of rotatable bonds is 7. The molecule has 2 atom stereocenters. The fourth-order valence-corrected chi connectivity index (χ4v) is 7.33. The molecule has 0 aliphatic carbocycles. The van der Waals surface area contributed by atoms with Crippen LogP contribution in [0.5, 0.6) is 0 Å². The summed E-state index contributed by atoms with van der Waals surface area (Å²) < 4.78 is 15.4. The number of likely N-dealkylation sites (tertiary alicyclic amines) is 2. The Morgan fingerprint density at radius 2 is 1.95 bits per heavy atom. The van der Waals surface area contributed by atoms with Gasteiger partial charge in [-0.15, -0.1) is 5.10 Å². The monoisotopic (exact) mass is 601 g/mol. The fourth-order valence-electron chi connectivity index (χ4n) is 6.48. The maximum absolute atomic E-state index is 13.6. The van der Waals surface area contributed by atoms with Crippen LogP contribution in [0.25, 0.3) is 16.9 Å². The molecule has 3 saturated heterocycles. The number of carbonyl (C=O) groups is 1. The van der Waals surface area contributed by atoms with E-state index in [9.17, 15) is 19.6 Å². The first-order valence-electron chi connectivity index (χ1n) is 14.5. The lowest BCUT2D eigenvalue weighted by atomic mass is 10.1. The average molecular weight is 602 g/mol. The molecule has 3 aromatic heterocycles. The summed E-state index contributed by atoms with van der Waals surface area (Å²) in [4.78, 5) is 31.1. The second-order valence-corrected chi connectivity index (χ2v) is 12.6. The highest BCUT2D eigenvalue weighted by atomic mass is 32.1. The van der Waals surface area contributed by atoms with E-state index in [1.54, 1.807) is 17.0 Å². The number of amides is 1. The van der Waals surface area contributed by atoms with Crippen molar-refractivity contribution < 1.29 is 14.3 Å². The molecule has 0 unspecified atom stereocenters. The molecular weight excluding hydrogens is 569 g/mol. The number of fused-ring (bicyclic) bond motifs is 3. The highest BCUT2D eigenvalue weighted by Crippen LogP contribution is 2.38. The quantitative estimate of drug-likeness (QED) is 0.341. The number of imidazole rings is 1. The van der Waals surface area contributed by atoms with Gasteiger partial charge >= 0.3 is 0 Å². The van der Waals surface area contributed by atoms with Crippen LogP contribution in [0, 0.1) is 24.1 Å². The van der Waals surface area contributed by atoms with Crippen LogP contribution in [0.1, 0.15) is 29.5 Å². The van der Waals surface area contributed by atoms with Crippen molar-refractivity contribution in [2.45, 2.75) is 44.9 Å². The number of anilines is 3. The summed E-state index contributed by atoms with van der Waals surface area (Å²) in [6, 6.07) is 10.9. The van der Waals surface area contributed by atoms with Crippen molar-refractivity contribution >= 4 is 39.7 Å². The summed E-state index contributed by atoms with van der Waals surface area (Å²) in [5, 5.41) is 25.1. The van der Waals surface area contributed by atoms with Gasteiger partial charge in [0.25, 0.3) is 0 Å². The highest BCUT2D eigenvalue weighted by Gasteiger charge is 2.45. The van der Waals surface area contributed by atoms with Crippen molar-refractivity contribution in [3.63, 3.8) is 0 Å². The van der Waals surface area contributed by atoms with Crippen molar-refractivity contribution in [2.75, 3.05) is 49.6 Å². The van der Waals surface area contributed by atoms with Gasteiger partial charge in [-0.1, -0.05) is 18.3 Å². The average Bonchev–Trinajstić information content (AvgIpc) is 3.77. The first-order valence-corrected chi connectivity index (χ1v) is 15.3. The molecule has 13 heteroatoms. The fraction of sp³-hybridized carbons (Fsp3) is 0.433. The van der Waals surface area contributed by atoms with E-state index in [0.29, 0.717) is 47.3 Å². The lowest BCUT2D eigenvalue weighted by Crippen LogP contribution is -2.57. The third-order valence-electron chi connectivity index (χ3n) is 8.78. The number of carbonyl (C=O) groups excluding carboxylic acids is 1. The van der Waals surface area contributed by atoms with Crippen LogP contribution in [0.3, 0.4) is 0 Å². The molecule has 1 aromatic carbocycles. The minimum absolute atomic E-state index is 0.0855. The first kappa shape index (κ1) is 27.7. The van der Waals surface area contributed by atoms with Gasteiger partial charge in [0.1, 0.15) is 28.3 Å². The van der Waals surface area contributed by atoms with E-state index in [4.69, 9.17) is 15.1 Å². The Morgan fingerprint density at radius 3 is 2.60 bits per heavy atom. The molecule has 4 aromatic rings. The number of benzene rings is 1. The lowest BCUT2D eigenvalue weighted by molar-refractivity contribution is -0.142. The molecule has 3 aliphatic heterocycles. The molecule has 2 bridgehead atoms. The minimum atomic E-state index is -0.389. The SMILES string of the molecule is CCc1nc2c(C)cc(N3C[C@@H]4C[C@H]3CN4CC(=O)N3CC(O)C3)nn2c1N(C)c1nc(-c2ccc(F)cc2)c(C#N)s1. The first-order chi connectivity index (χ1) is 20.7. The van der Waals surface area contributed by atoms with E-state index >= 15 is 0 Å². The molecular formula is C30H32FN9O2S. The van der Waals surface area contributed by atoms with E-state index < -0.39 is 0 Å². The van der Waals surface area contributed by atoms with Crippen molar-refractivity contribution in [2.24, 2.45) is 0 Å². The summed E-state index contributed by atoms with van der Waals surface area (Å²) in [6.45, 7) is 6.94. The molecule has 0 spiro atoms. The topological polar surface area (TPSA) is 117 Å². The number of hydrogen-bond donors (Lipinski definition) is 1. The number of aryl methyl sites for hydroxylation is 2. The lowest BCUT2D eigenvalue weighted by Gasteiger charge is -2.39. The second-order valence-electron chi connectivity index (χ2n) is 11.6. The molecule has 1 N–H and O–H groups in total. The number of nitrogens with zero attached hydrogens (tertiary/aromatic N) is 9. The number of aliphatic hydroxyl groups is 1. The minimum Gasteiger partial charge on any atom is -0.389 e. The van der Waals surface area contributed by atoms with E-state index in [1.165, 1.54) is 23.5 Å². The predicted octanol–water partition coefficient (Wildman–Crippen LogP) is 2.97. The number of nitriles is 1. The number of aliphatic hydroxyl groups excluding tert-OH is 1. The number of β-amino-alcohol motifs (C(OH)–C–C–N with tert-alkyl or cyclic N) is 1. The summed E-state index contributed by atoms with van der Waals surface area (Å²) in [6.07, 6.45) is 1.28. The van der Waals surface area contributed by atoms with Crippen molar-refractivity contribution in [1.29, 1.82) is 5.26 Å². The van der Waals surface area contributed by atoms with Gasteiger partial charge in [0, 0.05) is 50.9 Å². The van der Waals surface area contributed by atoms with Crippen molar-refractivity contribution in [3.05, 3.63) is 52.3 Å². The van der Waals surface area contributed by atoms with Gasteiger partial charge in [-0.05, 0) is 55.7 Å². The number of aromatic nitrogens is 4. The van der Waals surface area contributed by atoms with Gasteiger partial charge in [0.2, 0.25) is 5.91 Å². The maximum atomic E-state index is 13.6. The van der Waals surface area contributed by atoms with Gasteiger partial charge in [-0.3, -0.25) is 9.69 Å². The molecule has 0 saturated carbocycles. The Labute approximate surface area is 252 Å². The van der Waals surface area contributed by atoms with Crippen LogP contribution in [0.2, 0.25) is 0 Å². The molecule has 0 radical (unpaired) electrons. The summed E-state index contributed by atoms with van der Waals surface area (Å²) in [5.41, 5.74) is 3.85. The third kappa shape index (κ3) is 4.70. The van der Waals surface area contributed by atoms with Crippen molar-refractivity contribution in [1.82, 2.24) is 29.4 Å². The number of thiazole rings is 1. The largest absolute Gasteiger partial charge is 0.389 e. The molecule has 6 heterocycles. The Kier molecular flexibility index (Phi) is 6.80. The van der Waals surface area contributed by atoms with E-state index in [-0.39, 0.29) is 29.9 Å². The standard InChI is InChI=1S/C30H32FN9O2S/c1-4-23-29(36(3)30-34-27(24(11-32)43-30)18-5-7-19(31)8-6-18)40-28(33-23)17(2)9-25(35-40)39-13-20-10-21(39)12-37(20)16-26(42)38-14-22(41)15-38/h5-9,20-22,41H,4,10,12-16H2,1-3H3/t20-,21-/m0/s1. The summed E-state index contributed by atoms with van der Waals surface area (Å²) >= 11 is 1.28. The van der Waals surface area contributed by atoms with E-state index in [0.717, 1.165) is 48.1 Å². The number of hydrogen-bond acceptors (Lipinski definition) is 10. The Hall–Kier alpha value is -4.12. The van der Waals surface area contributed by atoms with Gasteiger partial charge in [0.15, 0.2) is 16.6 Å². The van der Waals surface area contributed by atoms with Crippen molar-refractivity contribution in [3.8, 4) is 17.3 Å². The third-order valence-corrected chi connectivity index (χ3v) is 9.81. The van der Waals surface area contributed by atoms with Crippen LogP contribution < -0.4 is 9.80 Å². The van der Waals surface area contributed by atoms with Crippen LogP contribution in [0.4, 0.5) is 21.2 Å². The molecule has 3 aliphatic rings. The van der Waals surface area contributed by atoms with Gasteiger partial charge in [-0.25, -0.2) is 14.4 Å². The normalized spacial score (nSPS) is 20.2. The maximum Gasteiger partial charge on any atom is 0.236 e. The molecule has 43 heavy (non-hydrogen) atoms. The van der Waals surface area contributed by atoms with Crippen LogP contribution in [0.15, 0.2) is 30.3 Å². The highest BCUT2D eigenvalue weighted by molar-refractivity contribution is 7.16. The zero-order valence-corrected chi connectivity index (χ0v) is 25.1. The van der Waals surface area contributed by atoms with E-state index in [1.807, 2.05) is 23.4 Å². The summed E-state index contributed by atoms with van der Waals surface area (Å²) in [7, 11) is 1.91. The molecule has 3 fully saturated rings. The summed E-state index contributed by atoms with van der Waals surface area (Å²) in [5.74, 6) is 1.40. The molecule has 7 rings (SSSR count). The Morgan fingerprint density at radius 1 is 1.19 bits per heavy atom. The van der Waals surface area contributed by atoms with E-state index in [2.05, 4.69) is 28.9 Å². The zero-order valence-electron chi connectivity index (χ0n) is 24.2. The molecule has 11 nitrogen and oxygen atoms in total. The Balaban J connectivity index is 1.18. The molecule has 222 valence electrons. The van der Waals surface area contributed by atoms with Crippen LogP contribution in [-0.2, 0) is 11.2 Å². The predicted molar refractivity (Wildman–Crippen MR) is 161 cm³/mol. The van der Waals surface area contributed by atoms with Crippen LogP contribution >= 0.6 is 11.3 Å². The van der Waals surface area contributed by atoms with Gasteiger partial charge in [-0.2, -0.15) is 9.78 Å². The number of halogens is 1.